The number of piperidine rings is 1. The maximum Gasteiger partial charge on any atom is 0.410 e. The van der Waals surface area contributed by atoms with Crippen molar-refractivity contribution in [3.8, 4) is 11.8 Å². The van der Waals surface area contributed by atoms with Crippen LogP contribution in [-0.4, -0.2) is 40.8 Å². The van der Waals surface area contributed by atoms with E-state index in [2.05, 4.69) is 11.1 Å². The molecule has 0 saturated carbocycles. The van der Waals surface area contributed by atoms with Crippen LogP contribution in [0.4, 0.5) is 4.79 Å². The molecule has 6 nitrogen and oxygen atoms in total. The molecule has 6 heteroatoms. The van der Waals surface area contributed by atoms with Gasteiger partial charge in [-0.1, -0.05) is 12.1 Å². The first-order valence-electron chi connectivity index (χ1n) is 8.79. The highest BCUT2D eigenvalue weighted by Crippen LogP contribution is 2.30. The van der Waals surface area contributed by atoms with Crippen molar-refractivity contribution in [3.63, 3.8) is 0 Å². The lowest BCUT2D eigenvalue weighted by molar-refractivity contribution is 0.0128. The second-order valence-electron chi connectivity index (χ2n) is 7.44. The Morgan fingerprint density at radius 1 is 1.27 bits per heavy atom. The summed E-state index contributed by atoms with van der Waals surface area (Å²) in [5.41, 5.74) is 0.0130. The molecule has 26 heavy (non-hydrogen) atoms. The van der Waals surface area contributed by atoms with Crippen molar-refractivity contribution in [2.75, 3.05) is 13.1 Å². The lowest BCUT2D eigenvalue weighted by Gasteiger charge is -2.33. The summed E-state index contributed by atoms with van der Waals surface area (Å²) in [5.74, 6) is 0.692. The molecule has 1 saturated heterocycles. The molecule has 1 aliphatic rings. The lowest BCUT2D eigenvalue weighted by Crippen LogP contribution is -2.44. The van der Waals surface area contributed by atoms with Crippen molar-refractivity contribution >= 4 is 16.9 Å². The van der Waals surface area contributed by atoms with Gasteiger partial charge in [0, 0.05) is 49.1 Å². The summed E-state index contributed by atoms with van der Waals surface area (Å²) in [6.07, 6.45) is 4.46. The van der Waals surface area contributed by atoms with E-state index in [0.29, 0.717) is 24.4 Å². The van der Waals surface area contributed by atoms with Crippen molar-refractivity contribution in [1.29, 1.82) is 5.26 Å². The Balaban J connectivity index is 1.68. The number of hydrogen-bond acceptors (Lipinski definition) is 5. The highest BCUT2D eigenvalue weighted by atomic mass is 16.6. The third kappa shape index (κ3) is 4.05. The van der Waals surface area contributed by atoms with Crippen LogP contribution < -0.4 is 4.74 Å². The average Bonchev–Trinajstić information content (AvgIpc) is 2.60. The standard InChI is InChI=1S/C20H23N3O3/c1-20(2,3)26-19(24)23-9-7-16(8-10-23)25-17-6-4-5-14-12-22-13-15(11-21)18(14)17/h4-6,12-13,16H,7-10H2,1-3H3. The smallest absolute Gasteiger partial charge is 0.410 e. The summed E-state index contributed by atoms with van der Waals surface area (Å²) in [7, 11) is 0. The first-order chi connectivity index (χ1) is 12.4. The molecule has 1 fully saturated rings. The van der Waals surface area contributed by atoms with E-state index < -0.39 is 5.60 Å². The van der Waals surface area contributed by atoms with E-state index in [4.69, 9.17) is 9.47 Å². The van der Waals surface area contributed by atoms with E-state index in [1.54, 1.807) is 17.3 Å². The van der Waals surface area contributed by atoms with Gasteiger partial charge in [-0.05, 0) is 26.8 Å². The van der Waals surface area contributed by atoms with Crippen LogP contribution in [0.15, 0.2) is 30.6 Å². The van der Waals surface area contributed by atoms with E-state index >= 15 is 0 Å². The Labute approximate surface area is 153 Å². The Morgan fingerprint density at radius 3 is 2.65 bits per heavy atom. The number of carbonyl (C=O) groups excluding carboxylic acids is 1. The summed E-state index contributed by atoms with van der Waals surface area (Å²) in [6, 6.07) is 7.87. The largest absolute Gasteiger partial charge is 0.490 e. The van der Waals surface area contributed by atoms with Crippen LogP contribution in [-0.2, 0) is 4.74 Å². The van der Waals surface area contributed by atoms with Crippen LogP contribution in [0, 0.1) is 11.3 Å². The molecule has 0 radical (unpaired) electrons. The molecule has 1 aromatic carbocycles. The van der Waals surface area contributed by atoms with Crippen LogP contribution >= 0.6 is 0 Å². The van der Waals surface area contributed by atoms with Gasteiger partial charge in [0.2, 0.25) is 0 Å². The van der Waals surface area contributed by atoms with E-state index in [0.717, 1.165) is 23.6 Å². The molecular formula is C20H23N3O3. The molecule has 0 spiro atoms. The van der Waals surface area contributed by atoms with Crippen molar-refractivity contribution < 1.29 is 14.3 Å². The van der Waals surface area contributed by atoms with E-state index in [9.17, 15) is 10.1 Å². The molecule has 1 aromatic heterocycles. The Bertz CT molecular complexity index is 838. The van der Waals surface area contributed by atoms with Gasteiger partial charge in [-0.25, -0.2) is 4.79 Å². The summed E-state index contributed by atoms with van der Waals surface area (Å²) < 4.78 is 11.6. The van der Waals surface area contributed by atoms with Gasteiger partial charge in [-0.15, -0.1) is 0 Å². The van der Waals surface area contributed by atoms with Crippen LogP contribution in [0.5, 0.6) is 5.75 Å². The number of amides is 1. The number of pyridine rings is 1. The third-order valence-electron chi connectivity index (χ3n) is 4.25. The Morgan fingerprint density at radius 2 is 2.00 bits per heavy atom. The number of carbonyl (C=O) groups is 1. The predicted octanol–water partition coefficient (Wildman–Crippen LogP) is 3.88. The zero-order valence-corrected chi connectivity index (χ0v) is 15.4. The third-order valence-corrected chi connectivity index (χ3v) is 4.25. The molecule has 0 atom stereocenters. The number of fused-ring (bicyclic) bond motifs is 1. The zero-order chi connectivity index (χ0) is 18.7. The van der Waals surface area contributed by atoms with Gasteiger partial charge in [0.05, 0.1) is 5.56 Å². The molecular weight excluding hydrogens is 330 g/mol. The molecule has 1 aliphatic heterocycles. The number of ether oxygens (including phenoxy) is 2. The van der Waals surface area contributed by atoms with E-state index in [-0.39, 0.29) is 12.2 Å². The van der Waals surface area contributed by atoms with Gasteiger partial charge in [-0.2, -0.15) is 5.26 Å². The Kier molecular flexibility index (Phi) is 4.99. The molecule has 0 N–H and O–H groups in total. The number of benzene rings is 1. The fourth-order valence-corrected chi connectivity index (χ4v) is 3.05. The number of hydrogen-bond donors (Lipinski definition) is 0. The SMILES string of the molecule is CC(C)(C)OC(=O)N1CCC(Oc2cccc3cncc(C#N)c23)CC1. The maximum atomic E-state index is 12.2. The molecule has 2 aromatic rings. The monoisotopic (exact) mass is 353 g/mol. The quantitative estimate of drug-likeness (QED) is 0.819. The second kappa shape index (κ2) is 7.20. The zero-order valence-electron chi connectivity index (χ0n) is 15.4. The minimum atomic E-state index is -0.491. The number of nitrogens with zero attached hydrogens (tertiary/aromatic N) is 3. The molecule has 3 rings (SSSR count). The fraction of sp³-hybridized carbons (Fsp3) is 0.450. The summed E-state index contributed by atoms with van der Waals surface area (Å²) in [5, 5.41) is 11.0. The molecule has 0 bridgehead atoms. The molecule has 0 unspecified atom stereocenters. The number of nitriles is 1. The van der Waals surface area contributed by atoms with E-state index in [1.165, 1.54) is 0 Å². The molecule has 136 valence electrons. The van der Waals surface area contributed by atoms with Crippen molar-refractivity contribution in [3.05, 3.63) is 36.2 Å². The highest BCUT2D eigenvalue weighted by Gasteiger charge is 2.28. The maximum absolute atomic E-state index is 12.2. The average molecular weight is 353 g/mol. The first kappa shape index (κ1) is 18.0. The van der Waals surface area contributed by atoms with Crippen LogP contribution in [0.25, 0.3) is 10.8 Å². The topological polar surface area (TPSA) is 75.4 Å². The van der Waals surface area contributed by atoms with Crippen LogP contribution in [0.3, 0.4) is 0 Å². The molecule has 1 amide bonds. The van der Waals surface area contributed by atoms with Gasteiger partial charge >= 0.3 is 6.09 Å². The van der Waals surface area contributed by atoms with Gasteiger partial charge < -0.3 is 14.4 Å². The minimum absolute atomic E-state index is 0.000931. The van der Waals surface area contributed by atoms with Gasteiger partial charge in [0.1, 0.15) is 23.5 Å². The van der Waals surface area contributed by atoms with Gasteiger partial charge in [-0.3, -0.25) is 4.98 Å². The summed E-state index contributed by atoms with van der Waals surface area (Å²) in [4.78, 5) is 18.0. The van der Waals surface area contributed by atoms with Gasteiger partial charge in [0.25, 0.3) is 0 Å². The molecule has 2 heterocycles. The normalized spacial score (nSPS) is 15.5. The lowest BCUT2D eigenvalue weighted by atomic mass is 10.1. The van der Waals surface area contributed by atoms with Crippen molar-refractivity contribution in [1.82, 2.24) is 9.88 Å². The second-order valence-corrected chi connectivity index (χ2v) is 7.44. The summed E-state index contributed by atoms with van der Waals surface area (Å²) >= 11 is 0. The number of rotatable bonds is 2. The first-order valence-corrected chi connectivity index (χ1v) is 8.79. The highest BCUT2D eigenvalue weighted by molar-refractivity contribution is 5.92. The van der Waals surface area contributed by atoms with Gasteiger partial charge in [0.15, 0.2) is 0 Å². The van der Waals surface area contributed by atoms with Crippen molar-refractivity contribution in [2.45, 2.75) is 45.3 Å². The van der Waals surface area contributed by atoms with E-state index in [1.807, 2.05) is 39.0 Å². The predicted molar refractivity (Wildman–Crippen MR) is 97.9 cm³/mol. The minimum Gasteiger partial charge on any atom is -0.490 e. The van der Waals surface area contributed by atoms with Crippen molar-refractivity contribution in [2.24, 2.45) is 0 Å². The Hall–Kier alpha value is -2.81. The molecule has 0 aliphatic carbocycles. The van der Waals surface area contributed by atoms with Crippen LogP contribution in [0.2, 0.25) is 0 Å². The number of likely N-dealkylation sites (tertiary alicyclic amines) is 1. The fourth-order valence-electron chi connectivity index (χ4n) is 3.05. The summed E-state index contributed by atoms with van der Waals surface area (Å²) in [6.45, 7) is 6.78. The van der Waals surface area contributed by atoms with Crippen LogP contribution in [0.1, 0.15) is 39.2 Å². The number of aromatic nitrogens is 1.